The molecule has 0 saturated carbocycles. The van der Waals surface area contributed by atoms with Crippen LogP contribution in [0.15, 0.2) is 36.5 Å². The second-order valence-electron chi connectivity index (χ2n) is 4.11. The lowest BCUT2D eigenvalue weighted by atomic mass is 10.1. The molecule has 2 aromatic rings. The van der Waals surface area contributed by atoms with Gasteiger partial charge in [0, 0.05) is 0 Å². The molecular weight excluding hydrogens is 277 g/mol. The van der Waals surface area contributed by atoms with E-state index in [1.807, 2.05) is 0 Å². The summed E-state index contributed by atoms with van der Waals surface area (Å²) in [7, 11) is 1.19. The van der Waals surface area contributed by atoms with Crippen molar-refractivity contribution in [3.8, 4) is 0 Å². The fourth-order valence-electron chi connectivity index (χ4n) is 1.63. The molecule has 0 radical (unpaired) electrons. The number of nitrogens with two attached hydrogens (primary N) is 1. The van der Waals surface area contributed by atoms with Crippen molar-refractivity contribution in [3.63, 3.8) is 0 Å². The normalized spacial score (nSPS) is 10.0. The standard InChI is InChI=1S/C14H12FN3O3/c1-21-14(20)10-4-2-8(15)6-12(10)18-13(19)11-5-3-9(16)7-17-11/h2-7H,16H2,1H3,(H,18,19). The number of pyridine rings is 1. The van der Waals surface area contributed by atoms with Gasteiger partial charge in [0.1, 0.15) is 11.5 Å². The average Bonchev–Trinajstić information content (AvgIpc) is 2.47. The largest absolute Gasteiger partial charge is 0.465 e. The van der Waals surface area contributed by atoms with Gasteiger partial charge in [-0.1, -0.05) is 0 Å². The van der Waals surface area contributed by atoms with Crippen LogP contribution in [0.3, 0.4) is 0 Å². The maximum absolute atomic E-state index is 13.3. The van der Waals surface area contributed by atoms with Crippen LogP contribution in [0.25, 0.3) is 0 Å². The number of halogens is 1. The third kappa shape index (κ3) is 3.33. The fourth-order valence-corrected chi connectivity index (χ4v) is 1.63. The Morgan fingerprint density at radius 1 is 1.29 bits per heavy atom. The second kappa shape index (κ2) is 6.00. The molecular formula is C14H12FN3O3. The Balaban J connectivity index is 2.30. The molecule has 0 aliphatic heterocycles. The number of hydrogen-bond acceptors (Lipinski definition) is 5. The van der Waals surface area contributed by atoms with E-state index in [2.05, 4.69) is 15.0 Å². The van der Waals surface area contributed by atoms with Crippen LogP contribution >= 0.6 is 0 Å². The van der Waals surface area contributed by atoms with Gasteiger partial charge < -0.3 is 15.8 Å². The van der Waals surface area contributed by atoms with Crippen LogP contribution in [0.1, 0.15) is 20.8 Å². The molecule has 21 heavy (non-hydrogen) atoms. The molecule has 6 nitrogen and oxygen atoms in total. The van der Waals surface area contributed by atoms with Crippen molar-refractivity contribution < 1.29 is 18.7 Å². The molecule has 2 rings (SSSR count). The number of aromatic nitrogens is 1. The highest BCUT2D eigenvalue weighted by molar-refractivity contribution is 6.07. The summed E-state index contributed by atoms with van der Waals surface area (Å²) in [5.74, 6) is -1.87. The number of carbonyl (C=O) groups excluding carboxylic acids is 2. The molecule has 1 heterocycles. The van der Waals surface area contributed by atoms with Crippen molar-refractivity contribution in [2.75, 3.05) is 18.2 Å². The minimum absolute atomic E-state index is 0.00507. The topological polar surface area (TPSA) is 94.3 Å². The Morgan fingerprint density at radius 2 is 2.05 bits per heavy atom. The van der Waals surface area contributed by atoms with Crippen LogP contribution in [0, 0.1) is 5.82 Å². The first-order valence-corrected chi connectivity index (χ1v) is 5.92. The number of amides is 1. The molecule has 1 aromatic heterocycles. The number of rotatable bonds is 3. The van der Waals surface area contributed by atoms with Crippen LogP contribution < -0.4 is 11.1 Å². The van der Waals surface area contributed by atoms with Gasteiger partial charge in [-0.2, -0.15) is 0 Å². The smallest absolute Gasteiger partial charge is 0.339 e. The number of nitrogens with zero attached hydrogens (tertiary/aromatic N) is 1. The first-order valence-electron chi connectivity index (χ1n) is 5.92. The van der Waals surface area contributed by atoms with E-state index >= 15 is 0 Å². The minimum atomic E-state index is -0.685. The molecule has 0 atom stereocenters. The molecule has 0 saturated heterocycles. The molecule has 0 bridgehead atoms. The van der Waals surface area contributed by atoms with Crippen molar-refractivity contribution in [1.82, 2.24) is 4.98 Å². The van der Waals surface area contributed by atoms with Crippen LogP contribution in [0.4, 0.5) is 15.8 Å². The molecule has 0 spiro atoms. The molecule has 108 valence electrons. The molecule has 0 aliphatic rings. The Kier molecular flexibility index (Phi) is 4.13. The lowest BCUT2D eigenvalue weighted by molar-refractivity contribution is 0.0602. The summed E-state index contributed by atoms with van der Waals surface area (Å²) in [5, 5.41) is 2.42. The second-order valence-corrected chi connectivity index (χ2v) is 4.11. The van der Waals surface area contributed by atoms with Crippen molar-refractivity contribution in [2.45, 2.75) is 0 Å². The van der Waals surface area contributed by atoms with Crippen molar-refractivity contribution >= 4 is 23.3 Å². The molecule has 1 amide bonds. The van der Waals surface area contributed by atoms with Gasteiger partial charge in [-0.05, 0) is 30.3 Å². The Bertz CT molecular complexity index is 686. The first kappa shape index (κ1) is 14.4. The van der Waals surface area contributed by atoms with Gasteiger partial charge in [0.15, 0.2) is 0 Å². The first-order chi connectivity index (χ1) is 10.0. The predicted octanol–water partition coefficient (Wildman–Crippen LogP) is 1.84. The number of nitrogens with one attached hydrogen (secondary N) is 1. The Labute approximate surface area is 119 Å². The minimum Gasteiger partial charge on any atom is -0.465 e. The summed E-state index contributed by atoms with van der Waals surface area (Å²) in [6, 6.07) is 6.29. The number of anilines is 2. The Hall–Kier alpha value is -2.96. The van der Waals surface area contributed by atoms with E-state index in [9.17, 15) is 14.0 Å². The maximum atomic E-state index is 13.3. The monoisotopic (exact) mass is 289 g/mol. The number of carbonyl (C=O) groups is 2. The summed E-state index contributed by atoms with van der Waals surface area (Å²) >= 11 is 0. The summed E-state index contributed by atoms with van der Waals surface area (Å²) in [5.41, 5.74) is 6.02. The van der Waals surface area contributed by atoms with Gasteiger partial charge in [-0.25, -0.2) is 14.2 Å². The van der Waals surface area contributed by atoms with Crippen molar-refractivity contribution in [1.29, 1.82) is 0 Å². The van der Waals surface area contributed by atoms with Gasteiger partial charge in [-0.3, -0.25) is 4.79 Å². The zero-order chi connectivity index (χ0) is 15.4. The molecule has 0 unspecified atom stereocenters. The summed E-state index contributed by atoms with van der Waals surface area (Å²) in [6.07, 6.45) is 1.32. The molecule has 0 fully saturated rings. The summed E-state index contributed by atoms with van der Waals surface area (Å²) in [6.45, 7) is 0. The lowest BCUT2D eigenvalue weighted by Crippen LogP contribution is -2.17. The SMILES string of the molecule is COC(=O)c1ccc(F)cc1NC(=O)c1ccc(N)cn1. The van der Waals surface area contributed by atoms with E-state index in [1.54, 1.807) is 0 Å². The van der Waals surface area contributed by atoms with E-state index in [-0.39, 0.29) is 16.9 Å². The van der Waals surface area contributed by atoms with Crippen LogP contribution in [-0.4, -0.2) is 24.0 Å². The fraction of sp³-hybridized carbons (Fsp3) is 0.0714. The van der Waals surface area contributed by atoms with Crippen molar-refractivity contribution in [2.24, 2.45) is 0 Å². The van der Waals surface area contributed by atoms with E-state index < -0.39 is 17.7 Å². The molecule has 7 heteroatoms. The van der Waals surface area contributed by atoms with Crippen molar-refractivity contribution in [3.05, 3.63) is 53.6 Å². The lowest BCUT2D eigenvalue weighted by Gasteiger charge is -2.09. The van der Waals surface area contributed by atoms with E-state index in [4.69, 9.17) is 5.73 Å². The van der Waals surface area contributed by atoms with Gasteiger partial charge in [0.25, 0.3) is 5.91 Å². The number of benzene rings is 1. The zero-order valence-corrected chi connectivity index (χ0v) is 11.1. The third-order valence-corrected chi connectivity index (χ3v) is 2.65. The van der Waals surface area contributed by atoms with Crippen LogP contribution in [0.5, 0.6) is 0 Å². The number of methoxy groups -OCH3 is 1. The predicted molar refractivity (Wildman–Crippen MR) is 74.3 cm³/mol. The van der Waals surface area contributed by atoms with Crippen LogP contribution in [-0.2, 0) is 4.74 Å². The van der Waals surface area contributed by atoms with Gasteiger partial charge >= 0.3 is 5.97 Å². The highest BCUT2D eigenvalue weighted by Crippen LogP contribution is 2.19. The maximum Gasteiger partial charge on any atom is 0.339 e. The zero-order valence-electron chi connectivity index (χ0n) is 11.1. The van der Waals surface area contributed by atoms with E-state index in [1.165, 1.54) is 31.5 Å². The number of nitrogen functional groups attached to an aromatic ring is 1. The summed E-state index contributed by atoms with van der Waals surface area (Å²) < 4.78 is 17.9. The number of ether oxygens (including phenoxy) is 1. The number of hydrogen-bond donors (Lipinski definition) is 2. The average molecular weight is 289 g/mol. The third-order valence-electron chi connectivity index (χ3n) is 2.65. The van der Waals surface area contributed by atoms with Gasteiger partial charge in [-0.15, -0.1) is 0 Å². The van der Waals surface area contributed by atoms with Crippen LogP contribution in [0.2, 0.25) is 0 Å². The quantitative estimate of drug-likeness (QED) is 0.841. The number of esters is 1. The van der Waals surface area contributed by atoms with Gasteiger partial charge in [0.05, 0.1) is 30.2 Å². The van der Waals surface area contributed by atoms with E-state index in [0.29, 0.717) is 5.69 Å². The molecule has 3 N–H and O–H groups in total. The molecule has 1 aromatic carbocycles. The molecule has 0 aliphatic carbocycles. The highest BCUT2D eigenvalue weighted by atomic mass is 19.1. The van der Waals surface area contributed by atoms with Gasteiger partial charge in [0.2, 0.25) is 0 Å². The Morgan fingerprint density at radius 3 is 2.67 bits per heavy atom. The summed E-state index contributed by atoms with van der Waals surface area (Å²) in [4.78, 5) is 27.4. The highest BCUT2D eigenvalue weighted by Gasteiger charge is 2.16. The van der Waals surface area contributed by atoms with E-state index in [0.717, 1.165) is 12.1 Å².